The molecule has 2 heterocycles. The molecule has 1 aromatic heterocycles. The Morgan fingerprint density at radius 2 is 1.89 bits per heavy atom. The van der Waals surface area contributed by atoms with Crippen molar-refractivity contribution < 1.29 is 14.1 Å². The van der Waals surface area contributed by atoms with Crippen LogP contribution in [-0.4, -0.2) is 39.2 Å². The van der Waals surface area contributed by atoms with E-state index < -0.39 is 18.3 Å². The lowest BCUT2D eigenvalue weighted by Gasteiger charge is -2.32. The molecule has 0 aliphatic carbocycles. The van der Waals surface area contributed by atoms with Crippen molar-refractivity contribution in [1.29, 1.82) is 0 Å². The maximum atomic E-state index is 11.5. The van der Waals surface area contributed by atoms with Crippen LogP contribution in [0.3, 0.4) is 0 Å². The number of carbonyl (C=O) groups is 1. The first kappa shape index (κ1) is 20.3. The first-order valence-corrected chi connectivity index (χ1v) is 10.1. The van der Waals surface area contributed by atoms with E-state index in [2.05, 4.69) is 9.97 Å². The highest BCUT2D eigenvalue weighted by Crippen LogP contribution is 2.39. The Bertz CT molecular complexity index is 901. The number of thioether (sulfide) groups is 1. The van der Waals surface area contributed by atoms with Crippen LogP contribution < -0.4 is 0 Å². The summed E-state index contributed by atoms with van der Waals surface area (Å²) >= 11 is 7.36. The van der Waals surface area contributed by atoms with Gasteiger partial charge in [-0.05, 0) is 50.9 Å². The van der Waals surface area contributed by atoms with E-state index in [0.29, 0.717) is 10.9 Å². The van der Waals surface area contributed by atoms with E-state index in [9.17, 15) is 4.79 Å². The maximum absolute atomic E-state index is 11.5. The molecule has 1 aromatic carbocycles. The summed E-state index contributed by atoms with van der Waals surface area (Å²) in [7, 11) is -0.508. The second kappa shape index (κ2) is 7.55. The Morgan fingerprint density at radius 1 is 1.22 bits per heavy atom. The number of nitrogens with zero attached hydrogens (tertiary/aromatic N) is 2. The van der Waals surface area contributed by atoms with E-state index in [4.69, 9.17) is 20.9 Å². The third kappa shape index (κ3) is 4.37. The van der Waals surface area contributed by atoms with Crippen LogP contribution in [-0.2, 0) is 14.1 Å². The summed E-state index contributed by atoms with van der Waals surface area (Å²) in [5, 5.41) is 1.27. The van der Waals surface area contributed by atoms with Gasteiger partial charge in [-0.1, -0.05) is 35.5 Å². The Hall–Kier alpha value is -1.41. The highest BCUT2D eigenvalue weighted by molar-refractivity contribution is 8.13. The van der Waals surface area contributed by atoms with Gasteiger partial charge in [0, 0.05) is 18.1 Å². The fourth-order valence-electron chi connectivity index (χ4n) is 2.70. The molecule has 2 aromatic rings. The Balaban J connectivity index is 1.97. The van der Waals surface area contributed by atoms with Gasteiger partial charge in [0.2, 0.25) is 0 Å². The van der Waals surface area contributed by atoms with Crippen molar-refractivity contribution in [2.24, 2.45) is 0 Å². The molecule has 0 radical (unpaired) electrons. The van der Waals surface area contributed by atoms with Crippen molar-refractivity contribution in [3.63, 3.8) is 0 Å². The summed E-state index contributed by atoms with van der Waals surface area (Å²) in [6.07, 6.45) is 3.44. The predicted molar refractivity (Wildman–Crippen MR) is 112 cm³/mol. The van der Waals surface area contributed by atoms with E-state index in [1.54, 1.807) is 6.92 Å². The van der Waals surface area contributed by atoms with Gasteiger partial charge in [0.15, 0.2) is 5.12 Å². The van der Waals surface area contributed by atoms with E-state index >= 15 is 0 Å². The number of benzene rings is 1. The zero-order chi connectivity index (χ0) is 19.8. The van der Waals surface area contributed by atoms with Crippen LogP contribution in [0.25, 0.3) is 17.0 Å². The zero-order valence-corrected chi connectivity index (χ0v) is 17.6. The summed E-state index contributed by atoms with van der Waals surface area (Å²) < 4.78 is 12.4. The van der Waals surface area contributed by atoms with Crippen LogP contribution in [0.15, 0.2) is 30.0 Å². The molecule has 5 nitrogen and oxygen atoms in total. The summed E-state index contributed by atoms with van der Waals surface area (Å²) in [4.78, 5) is 19.8. The van der Waals surface area contributed by atoms with Crippen LogP contribution in [0, 0.1) is 0 Å². The lowest BCUT2D eigenvalue weighted by Crippen LogP contribution is -2.41. The summed E-state index contributed by atoms with van der Waals surface area (Å²) in [6, 6.07) is 5.78. The topological polar surface area (TPSA) is 61.3 Å². The molecule has 0 unspecified atom stereocenters. The van der Waals surface area contributed by atoms with Crippen molar-refractivity contribution >= 4 is 52.6 Å². The fourth-order valence-corrected chi connectivity index (χ4v) is 3.50. The van der Waals surface area contributed by atoms with Crippen molar-refractivity contribution in [3.8, 4) is 0 Å². The summed E-state index contributed by atoms with van der Waals surface area (Å²) in [5.74, 6) is 0.495. The van der Waals surface area contributed by atoms with Crippen LogP contribution in [0.5, 0.6) is 0 Å². The Morgan fingerprint density at radius 3 is 2.52 bits per heavy atom. The Labute approximate surface area is 169 Å². The molecule has 1 fully saturated rings. The van der Waals surface area contributed by atoms with Crippen molar-refractivity contribution in [2.75, 3.05) is 5.75 Å². The standard InChI is InChI=1S/C19H22BClN2O3S/c1-12(24)27-10-14(20-25-18(2,3)19(4,5)26-20)8-13-6-7-15-16(9-13)22-11-23-17(15)21/h6-9,11H,10H2,1-5H3. The third-order valence-electron chi connectivity index (χ3n) is 4.96. The van der Waals surface area contributed by atoms with Gasteiger partial charge in [-0.2, -0.15) is 0 Å². The van der Waals surface area contributed by atoms with E-state index in [0.717, 1.165) is 21.9 Å². The van der Waals surface area contributed by atoms with E-state index in [1.807, 2.05) is 52.0 Å². The molecule has 142 valence electrons. The van der Waals surface area contributed by atoms with Crippen molar-refractivity contribution in [3.05, 3.63) is 40.7 Å². The minimum Gasteiger partial charge on any atom is -0.400 e. The van der Waals surface area contributed by atoms with Crippen molar-refractivity contribution in [1.82, 2.24) is 9.97 Å². The molecule has 1 saturated heterocycles. The number of carbonyl (C=O) groups excluding carboxylic acids is 1. The molecule has 27 heavy (non-hydrogen) atoms. The first-order chi connectivity index (χ1) is 12.6. The number of hydrogen-bond donors (Lipinski definition) is 0. The SMILES string of the molecule is CC(=O)SCC(=Cc1ccc2c(Cl)ncnc2c1)B1OC(C)(C)C(C)(C)O1. The molecule has 0 atom stereocenters. The molecular weight excluding hydrogens is 383 g/mol. The largest absolute Gasteiger partial charge is 0.491 e. The number of halogens is 1. The van der Waals surface area contributed by atoms with Gasteiger partial charge in [0.1, 0.15) is 11.5 Å². The highest BCUT2D eigenvalue weighted by Gasteiger charge is 2.52. The zero-order valence-electron chi connectivity index (χ0n) is 16.1. The van der Waals surface area contributed by atoms with Gasteiger partial charge in [0.25, 0.3) is 0 Å². The first-order valence-electron chi connectivity index (χ1n) is 8.69. The fraction of sp³-hybridized carbons (Fsp3) is 0.421. The van der Waals surface area contributed by atoms with Gasteiger partial charge in [-0.3, -0.25) is 4.79 Å². The smallest absolute Gasteiger partial charge is 0.400 e. The molecule has 0 amide bonds. The summed E-state index contributed by atoms with van der Waals surface area (Å²) in [5.41, 5.74) is 1.71. The predicted octanol–water partition coefficient (Wildman–Crippen LogP) is 4.58. The average Bonchev–Trinajstić information content (AvgIpc) is 2.79. The third-order valence-corrected chi connectivity index (χ3v) is 6.15. The van der Waals surface area contributed by atoms with Crippen LogP contribution in [0.2, 0.25) is 5.15 Å². The van der Waals surface area contributed by atoms with Gasteiger partial charge in [-0.25, -0.2) is 9.97 Å². The molecule has 1 aliphatic rings. The quantitative estimate of drug-likeness (QED) is 0.549. The molecule has 8 heteroatoms. The normalized spacial score (nSPS) is 18.9. The second-order valence-corrected chi connectivity index (χ2v) is 9.04. The van der Waals surface area contributed by atoms with Gasteiger partial charge in [0.05, 0.1) is 16.7 Å². The minimum absolute atomic E-state index is 0.0513. The maximum Gasteiger partial charge on any atom is 0.491 e. The number of fused-ring (bicyclic) bond motifs is 1. The molecule has 1 aliphatic heterocycles. The van der Waals surface area contributed by atoms with E-state index in [-0.39, 0.29) is 5.12 Å². The highest BCUT2D eigenvalue weighted by atomic mass is 35.5. The van der Waals surface area contributed by atoms with Crippen LogP contribution >= 0.6 is 23.4 Å². The van der Waals surface area contributed by atoms with Crippen LogP contribution in [0.4, 0.5) is 0 Å². The lowest BCUT2D eigenvalue weighted by atomic mass is 9.78. The number of rotatable bonds is 4. The molecule has 3 rings (SSSR count). The molecule has 0 saturated carbocycles. The molecule has 0 spiro atoms. The number of aromatic nitrogens is 2. The second-order valence-electron chi connectivity index (χ2n) is 7.53. The summed E-state index contributed by atoms with van der Waals surface area (Å²) in [6.45, 7) is 9.60. The van der Waals surface area contributed by atoms with Gasteiger partial charge < -0.3 is 9.31 Å². The van der Waals surface area contributed by atoms with Crippen molar-refractivity contribution in [2.45, 2.75) is 45.8 Å². The molecule has 0 bridgehead atoms. The minimum atomic E-state index is -0.508. The van der Waals surface area contributed by atoms with Gasteiger partial charge in [-0.15, -0.1) is 0 Å². The molecule has 0 N–H and O–H groups in total. The number of hydrogen-bond acceptors (Lipinski definition) is 6. The Kier molecular flexibility index (Phi) is 5.68. The average molecular weight is 405 g/mol. The lowest BCUT2D eigenvalue weighted by molar-refractivity contribution is -0.109. The van der Waals surface area contributed by atoms with E-state index in [1.165, 1.54) is 18.1 Å². The monoisotopic (exact) mass is 404 g/mol. The van der Waals surface area contributed by atoms with Crippen LogP contribution in [0.1, 0.15) is 40.2 Å². The molecular formula is C19H22BClN2O3S. The van der Waals surface area contributed by atoms with Gasteiger partial charge >= 0.3 is 7.12 Å².